The summed E-state index contributed by atoms with van der Waals surface area (Å²) in [5.41, 5.74) is 0. The van der Waals surface area contributed by atoms with Gasteiger partial charge in [-0.3, -0.25) is 4.79 Å². The molecule has 2 aliphatic heterocycles. The fourth-order valence-corrected chi connectivity index (χ4v) is 3.34. The van der Waals surface area contributed by atoms with Crippen molar-refractivity contribution in [1.29, 1.82) is 0 Å². The van der Waals surface area contributed by atoms with E-state index in [0.29, 0.717) is 17.6 Å². The molecule has 1 saturated carbocycles. The Morgan fingerprint density at radius 3 is 2.07 bits per heavy atom. The maximum Gasteiger partial charge on any atom is 0.139 e. The Morgan fingerprint density at radius 1 is 1.00 bits per heavy atom. The second-order valence-corrected chi connectivity index (χ2v) is 5.40. The van der Waals surface area contributed by atoms with Crippen LogP contribution in [0.15, 0.2) is 0 Å². The molecule has 2 bridgehead atoms. The zero-order valence-electron chi connectivity index (χ0n) is 8.91. The number of hydrogen-bond donors (Lipinski definition) is 0. The first kappa shape index (κ1) is 8.90. The first-order chi connectivity index (χ1) is 6.75. The summed E-state index contributed by atoms with van der Waals surface area (Å²) in [5, 5.41) is 0. The molecule has 0 aromatic heterocycles. The third-order valence-corrected chi connectivity index (χ3v) is 4.48. The Hall–Kier alpha value is -0.370. The highest BCUT2D eigenvalue weighted by Gasteiger charge is 2.44. The van der Waals surface area contributed by atoms with Crippen molar-refractivity contribution in [1.82, 2.24) is 4.90 Å². The van der Waals surface area contributed by atoms with E-state index in [1.807, 2.05) is 0 Å². The fourth-order valence-electron chi connectivity index (χ4n) is 3.34. The third-order valence-electron chi connectivity index (χ3n) is 4.48. The van der Waals surface area contributed by atoms with E-state index in [4.69, 9.17) is 0 Å². The maximum absolute atomic E-state index is 12.0. The number of rotatable bonds is 2. The zero-order chi connectivity index (χ0) is 9.71. The molecule has 2 unspecified atom stereocenters. The molecule has 0 spiro atoms. The van der Waals surface area contributed by atoms with Gasteiger partial charge >= 0.3 is 0 Å². The van der Waals surface area contributed by atoms with Crippen molar-refractivity contribution in [2.75, 3.05) is 7.05 Å². The highest BCUT2D eigenvalue weighted by atomic mass is 16.1. The van der Waals surface area contributed by atoms with Gasteiger partial charge in [-0.15, -0.1) is 0 Å². The van der Waals surface area contributed by atoms with Crippen molar-refractivity contribution < 1.29 is 4.79 Å². The Labute approximate surface area is 85.7 Å². The Balaban J connectivity index is 1.70. The van der Waals surface area contributed by atoms with Crippen LogP contribution in [-0.4, -0.2) is 29.8 Å². The topological polar surface area (TPSA) is 20.3 Å². The fraction of sp³-hybridized carbons (Fsp3) is 0.917. The van der Waals surface area contributed by atoms with Crippen LogP contribution in [0, 0.1) is 11.8 Å². The average Bonchev–Trinajstić information content (AvgIpc) is 3.00. The lowest BCUT2D eigenvalue weighted by molar-refractivity contribution is -0.126. The van der Waals surface area contributed by atoms with Crippen LogP contribution in [0.4, 0.5) is 0 Å². The van der Waals surface area contributed by atoms with E-state index in [-0.39, 0.29) is 0 Å². The molecule has 0 amide bonds. The summed E-state index contributed by atoms with van der Waals surface area (Å²) in [6.45, 7) is 0. The number of ketones is 1. The molecule has 0 N–H and O–H groups in total. The molecular weight excluding hydrogens is 174 g/mol. The normalized spacial score (nSPS) is 42.8. The molecule has 14 heavy (non-hydrogen) atoms. The Morgan fingerprint density at radius 2 is 1.57 bits per heavy atom. The van der Waals surface area contributed by atoms with Crippen LogP contribution in [0.5, 0.6) is 0 Å². The van der Waals surface area contributed by atoms with Gasteiger partial charge in [0.1, 0.15) is 5.78 Å². The van der Waals surface area contributed by atoms with Crippen molar-refractivity contribution in [3.05, 3.63) is 0 Å². The average molecular weight is 193 g/mol. The summed E-state index contributed by atoms with van der Waals surface area (Å²) >= 11 is 0. The van der Waals surface area contributed by atoms with Crippen LogP contribution < -0.4 is 0 Å². The van der Waals surface area contributed by atoms with Crippen LogP contribution in [0.25, 0.3) is 0 Å². The van der Waals surface area contributed by atoms with E-state index in [1.165, 1.54) is 25.7 Å². The van der Waals surface area contributed by atoms with Gasteiger partial charge in [0.25, 0.3) is 0 Å². The van der Waals surface area contributed by atoms with Gasteiger partial charge in [-0.2, -0.15) is 0 Å². The molecule has 3 fully saturated rings. The van der Waals surface area contributed by atoms with E-state index >= 15 is 0 Å². The number of piperidine rings is 1. The van der Waals surface area contributed by atoms with Crippen LogP contribution in [0.3, 0.4) is 0 Å². The second-order valence-electron chi connectivity index (χ2n) is 5.40. The van der Waals surface area contributed by atoms with Crippen molar-refractivity contribution in [2.45, 2.75) is 50.6 Å². The van der Waals surface area contributed by atoms with E-state index in [2.05, 4.69) is 11.9 Å². The van der Waals surface area contributed by atoms with Crippen LogP contribution >= 0.6 is 0 Å². The molecular formula is C12H19NO. The number of Topliss-reactive ketones (excluding diaryl/α,β-unsaturated/α-hetero) is 1. The molecule has 2 atom stereocenters. The molecule has 0 aromatic carbocycles. The minimum atomic E-state index is 0.427. The van der Waals surface area contributed by atoms with E-state index in [1.54, 1.807) is 0 Å². The SMILES string of the molecule is CN1C2CCC1CC(C(=O)C1CC1)C2. The van der Waals surface area contributed by atoms with Gasteiger partial charge < -0.3 is 4.90 Å². The van der Waals surface area contributed by atoms with Gasteiger partial charge in [-0.05, 0) is 45.6 Å². The standard InChI is InChI=1S/C12H19NO/c1-13-10-4-5-11(13)7-9(6-10)12(14)8-2-3-8/h8-11H,2-7H2,1H3. The Kier molecular flexibility index (Phi) is 1.94. The second kappa shape index (κ2) is 3.06. The molecule has 2 saturated heterocycles. The van der Waals surface area contributed by atoms with Crippen molar-refractivity contribution in [3.8, 4) is 0 Å². The predicted octanol–water partition coefficient (Wildman–Crippen LogP) is 1.84. The number of fused-ring (bicyclic) bond motifs is 2. The van der Waals surface area contributed by atoms with Crippen molar-refractivity contribution >= 4 is 5.78 Å². The summed E-state index contributed by atoms with van der Waals surface area (Å²) < 4.78 is 0. The largest absolute Gasteiger partial charge is 0.300 e. The zero-order valence-corrected chi connectivity index (χ0v) is 8.91. The minimum absolute atomic E-state index is 0.427. The molecule has 2 heteroatoms. The van der Waals surface area contributed by atoms with E-state index < -0.39 is 0 Å². The van der Waals surface area contributed by atoms with Crippen molar-refractivity contribution in [3.63, 3.8) is 0 Å². The van der Waals surface area contributed by atoms with Gasteiger partial charge in [-0.25, -0.2) is 0 Å². The molecule has 0 radical (unpaired) electrons. The number of carbonyl (C=O) groups is 1. The highest BCUT2D eigenvalue weighted by molar-refractivity contribution is 5.85. The van der Waals surface area contributed by atoms with Crippen LogP contribution in [-0.2, 0) is 4.79 Å². The highest BCUT2D eigenvalue weighted by Crippen LogP contribution is 2.42. The first-order valence-corrected chi connectivity index (χ1v) is 6.01. The van der Waals surface area contributed by atoms with Crippen LogP contribution in [0.1, 0.15) is 38.5 Å². The van der Waals surface area contributed by atoms with E-state index in [9.17, 15) is 4.79 Å². The summed E-state index contributed by atoms with van der Waals surface area (Å²) in [5.74, 6) is 1.51. The summed E-state index contributed by atoms with van der Waals surface area (Å²) in [6, 6.07) is 1.45. The Bertz CT molecular complexity index is 245. The molecule has 3 rings (SSSR count). The van der Waals surface area contributed by atoms with E-state index in [0.717, 1.165) is 24.9 Å². The first-order valence-electron chi connectivity index (χ1n) is 6.01. The van der Waals surface area contributed by atoms with Gasteiger partial charge in [0, 0.05) is 23.9 Å². The number of carbonyl (C=O) groups excluding carboxylic acids is 1. The third kappa shape index (κ3) is 1.31. The monoisotopic (exact) mass is 193 g/mol. The summed E-state index contributed by atoms with van der Waals surface area (Å²) in [7, 11) is 2.24. The maximum atomic E-state index is 12.0. The van der Waals surface area contributed by atoms with Gasteiger partial charge in [-0.1, -0.05) is 0 Å². The lowest BCUT2D eigenvalue weighted by atomic mass is 9.86. The smallest absolute Gasteiger partial charge is 0.139 e. The van der Waals surface area contributed by atoms with Gasteiger partial charge in [0.15, 0.2) is 0 Å². The minimum Gasteiger partial charge on any atom is -0.300 e. The van der Waals surface area contributed by atoms with Crippen molar-refractivity contribution in [2.24, 2.45) is 11.8 Å². The molecule has 78 valence electrons. The molecule has 0 aromatic rings. The lowest BCUT2D eigenvalue weighted by Gasteiger charge is -2.35. The molecule has 3 aliphatic rings. The van der Waals surface area contributed by atoms with Gasteiger partial charge in [0.05, 0.1) is 0 Å². The quantitative estimate of drug-likeness (QED) is 0.667. The predicted molar refractivity (Wildman–Crippen MR) is 55.0 cm³/mol. The summed E-state index contributed by atoms with van der Waals surface area (Å²) in [6.07, 6.45) is 7.33. The summed E-state index contributed by atoms with van der Waals surface area (Å²) in [4.78, 5) is 14.5. The molecule has 1 aliphatic carbocycles. The van der Waals surface area contributed by atoms with Crippen LogP contribution in [0.2, 0.25) is 0 Å². The van der Waals surface area contributed by atoms with Gasteiger partial charge in [0.2, 0.25) is 0 Å². The number of hydrogen-bond acceptors (Lipinski definition) is 2. The lowest BCUT2D eigenvalue weighted by Crippen LogP contribution is -2.42. The molecule has 2 heterocycles. The molecule has 2 nitrogen and oxygen atoms in total. The number of nitrogens with zero attached hydrogens (tertiary/aromatic N) is 1.